The molecule has 0 bridgehead atoms. The van der Waals surface area contributed by atoms with E-state index in [1.807, 2.05) is 52.0 Å². The average molecular weight is 389 g/mol. The Bertz CT molecular complexity index is 756. The highest BCUT2D eigenvalue weighted by molar-refractivity contribution is 8.18. The SMILES string of the molecule is C=CCc1cc(/C=C2/SC(=NCC)N(CC)C2=O)cc(OCC)c1OCC. The third kappa shape index (κ3) is 4.95. The number of thioether (sulfide) groups is 1. The summed E-state index contributed by atoms with van der Waals surface area (Å²) in [6, 6.07) is 3.95. The number of carbonyl (C=O) groups excluding carboxylic acids is 1. The number of rotatable bonds is 9. The lowest BCUT2D eigenvalue weighted by atomic mass is 10.0. The summed E-state index contributed by atoms with van der Waals surface area (Å²) in [6.45, 7) is 14.0. The van der Waals surface area contributed by atoms with Crippen molar-refractivity contribution < 1.29 is 14.3 Å². The first-order valence-corrected chi connectivity index (χ1v) is 10.2. The van der Waals surface area contributed by atoms with Crippen molar-refractivity contribution in [3.05, 3.63) is 40.8 Å². The number of benzene rings is 1. The summed E-state index contributed by atoms with van der Waals surface area (Å²) in [4.78, 5) is 19.5. The molecule has 1 aromatic rings. The van der Waals surface area contributed by atoms with Crippen LogP contribution >= 0.6 is 11.8 Å². The Morgan fingerprint density at radius 3 is 2.52 bits per heavy atom. The molecule has 27 heavy (non-hydrogen) atoms. The van der Waals surface area contributed by atoms with E-state index in [4.69, 9.17) is 9.47 Å². The van der Waals surface area contributed by atoms with Crippen LogP contribution in [0, 0.1) is 0 Å². The number of hydrogen-bond donors (Lipinski definition) is 0. The molecule has 0 aliphatic carbocycles. The maximum atomic E-state index is 12.7. The van der Waals surface area contributed by atoms with Crippen LogP contribution in [-0.2, 0) is 11.2 Å². The van der Waals surface area contributed by atoms with E-state index in [-0.39, 0.29) is 5.91 Å². The Morgan fingerprint density at radius 2 is 1.93 bits per heavy atom. The minimum atomic E-state index is -0.00758. The van der Waals surface area contributed by atoms with E-state index >= 15 is 0 Å². The lowest BCUT2D eigenvalue weighted by molar-refractivity contribution is -0.122. The molecule has 1 aromatic carbocycles. The third-order valence-corrected chi connectivity index (χ3v) is 4.95. The number of allylic oxidation sites excluding steroid dienone is 1. The van der Waals surface area contributed by atoms with Crippen LogP contribution in [0.4, 0.5) is 0 Å². The molecule has 0 spiro atoms. The zero-order chi connectivity index (χ0) is 19.8. The topological polar surface area (TPSA) is 51.1 Å². The molecular weight excluding hydrogens is 360 g/mol. The Balaban J connectivity index is 2.48. The quantitative estimate of drug-likeness (QED) is 0.461. The molecule has 0 N–H and O–H groups in total. The van der Waals surface area contributed by atoms with Gasteiger partial charge in [0.1, 0.15) is 0 Å². The molecule has 1 amide bonds. The van der Waals surface area contributed by atoms with Gasteiger partial charge in [-0.15, -0.1) is 6.58 Å². The second-order valence-electron chi connectivity index (χ2n) is 5.78. The molecule has 146 valence electrons. The Kier molecular flexibility index (Phi) is 7.98. The highest BCUT2D eigenvalue weighted by Gasteiger charge is 2.31. The highest BCUT2D eigenvalue weighted by Crippen LogP contribution is 2.37. The van der Waals surface area contributed by atoms with Crippen LogP contribution in [0.5, 0.6) is 11.5 Å². The van der Waals surface area contributed by atoms with Crippen molar-refractivity contribution in [3.63, 3.8) is 0 Å². The molecule has 0 atom stereocenters. The highest BCUT2D eigenvalue weighted by atomic mass is 32.2. The molecule has 0 saturated carbocycles. The van der Waals surface area contributed by atoms with Gasteiger partial charge in [0, 0.05) is 18.7 Å². The van der Waals surface area contributed by atoms with Crippen LogP contribution in [0.25, 0.3) is 6.08 Å². The molecule has 2 rings (SSSR count). The van der Waals surface area contributed by atoms with Crippen LogP contribution in [-0.4, -0.2) is 42.3 Å². The van der Waals surface area contributed by atoms with Gasteiger partial charge in [-0.05, 0) is 69.6 Å². The van der Waals surface area contributed by atoms with E-state index in [2.05, 4.69) is 11.6 Å². The van der Waals surface area contributed by atoms with Gasteiger partial charge in [-0.2, -0.15) is 0 Å². The number of hydrogen-bond acceptors (Lipinski definition) is 5. The summed E-state index contributed by atoms with van der Waals surface area (Å²) in [7, 11) is 0. The lowest BCUT2D eigenvalue weighted by Gasteiger charge is -2.16. The summed E-state index contributed by atoms with van der Waals surface area (Å²) in [5.74, 6) is 1.43. The predicted octanol–water partition coefficient (Wildman–Crippen LogP) is 4.52. The first kappa shape index (κ1) is 21.1. The van der Waals surface area contributed by atoms with Gasteiger partial charge in [0.25, 0.3) is 5.91 Å². The Hall–Kier alpha value is -2.21. The number of carbonyl (C=O) groups is 1. The van der Waals surface area contributed by atoms with Crippen molar-refractivity contribution in [2.45, 2.75) is 34.1 Å². The van der Waals surface area contributed by atoms with Gasteiger partial charge in [-0.1, -0.05) is 6.08 Å². The summed E-state index contributed by atoms with van der Waals surface area (Å²) in [5.41, 5.74) is 1.90. The van der Waals surface area contributed by atoms with Crippen molar-refractivity contribution in [2.75, 3.05) is 26.3 Å². The minimum Gasteiger partial charge on any atom is -0.490 e. The van der Waals surface area contributed by atoms with E-state index in [1.165, 1.54) is 11.8 Å². The van der Waals surface area contributed by atoms with E-state index in [1.54, 1.807) is 4.90 Å². The third-order valence-electron chi connectivity index (χ3n) is 3.90. The van der Waals surface area contributed by atoms with E-state index in [0.717, 1.165) is 22.0 Å². The Morgan fingerprint density at radius 1 is 1.19 bits per heavy atom. The summed E-state index contributed by atoms with van der Waals surface area (Å²) in [5, 5.41) is 0.763. The summed E-state index contributed by atoms with van der Waals surface area (Å²) < 4.78 is 11.6. The number of aliphatic imine (C=N–C) groups is 1. The fraction of sp³-hybridized carbons (Fsp3) is 0.429. The molecular formula is C21H28N2O3S. The van der Waals surface area contributed by atoms with Gasteiger partial charge in [-0.3, -0.25) is 14.7 Å². The zero-order valence-electron chi connectivity index (χ0n) is 16.6. The molecule has 6 heteroatoms. The van der Waals surface area contributed by atoms with E-state index in [9.17, 15) is 4.79 Å². The molecule has 1 fully saturated rings. The van der Waals surface area contributed by atoms with Crippen molar-refractivity contribution in [2.24, 2.45) is 4.99 Å². The maximum absolute atomic E-state index is 12.7. The van der Waals surface area contributed by atoms with Crippen LogP contribution in [0.1, 0.15) is 38.8 Å². The summed E-state index contributed by atoms with van der Waals surface area (Å²) in [6.07, 6.45) is 4.40. The standard InChI is InChI=1S/C21H28N2O3S/c1-6-11-16-12-15(13-17(25-9-4)19(16)26-10-5)14-18-20(24)23(8-3)21(27-18)22-7-2/h6,12-14H,1,7-11H2,2-5H3/b18-14+,22-21?. The van der Waals surface area contributed by atoms with E-state index in [0.29, 0.717) is 43.4 Å². The first-order chi connectivity index (χ1) is 13.1. The fourth-order valence-corrected chi connectivity index (χ4v) is 3.94. The molecule has 1 saturated heterocycles. The smallest absolute Gasteiger partial charge is 0.266 e. The van der Waals surface area contributed by atoms with Gasteiger partial charge in [0.15, 0.2) is 16.7 Å². The second-order valence-corrected chi connectivity index (χ2v) is 6.79. The van der Waals surface area contributed by atoms with Crippen molar-refractivity contribution in [1.82, 2.24) is 4.90 Å². The van der Waals surface area contributed by atoms with Crippen LogP contribution < -0.4 is 9.47 Å². The van der Waals surface area contributed by atoms with Crippen LogP contribution in [0.3, 0.4) is 0 Å². The number of nitrogens with zero attached hydrogens (tertiary/aromatic N) is 2. The monoisotopic (exact) mass is 388 g/mol. The van der Waals surface area contributed by atoms with E-state index < -0.39 is 0 Å². The van der Waals surface area contributed by atoms with Crippen molar-refractivity contribution in [1.29, 1.82) is 0 Å². The molecule has 1 aliphatic heterocycles. The Labute approximate surface area is 166 Å². The van der Waals surface area contributed by atoms with Gasteiger partial charge < -0.3 is 9.47 Å². The largest absolute Gasteiger partial charge is 0.490 e. The minimum absolute atomic E-state index is 0.00758. The second kappa shape index (κ2) is 10.2. The van der Waals surface area contributed by atoms with Crippen molar-refractivity contribution >= 4 is 28.9 Å². The zero-order valence-corrected chi connectivity index (χ0v) is 17.4. The molecule has 0 unspecified atom stereocenters. The average Bonchev–Trinajstić information content (AvgIpc) is 2.93. The molecule has 0 aromatic heterocycles. The van der Waals surface area contributed by atoms with Crippen LogP contribution in [0.15, 0.2) is 34.7 Å². The van der Waals surface area contributed by atoms with Crippen LogP contribution in [0.2, 0.25) is 0 Å². The van der Waals surface area contributed by atoms with Gasteiger partial charge in [0.05, 0.1) is 18.1 Å². The fourth-order valence-electron chi connectivity index (χ4n) is 2.84. The summed E-state index contributed by atoms with van der Waals surface area (Å²) >= 11 is 1.42. The lowest BCUT2D eigenvalue weighted by Crippen LogP contribution is -2.28. The molecule has 5 nitrogen and oxygen atoms in total. The number of amides is 1. The number of ether oxygens (including phenoxy) is 2. The maximum Gasteiger partial charge on any atom is 0.266 e. The molecule has 1 aliphatic rings. The van der Waals surface area contributed by atoms with Crippen molar-refractivity contribution in [3.8, 4) is 11.5 Å². The molecule has 1 heterocycles. The van der Waals surface area contributed by atoms with Gasteiger partial charge in [-0.25, -0.2) is 0 Å². The molecule has 0 radical (unpaired) electrons. The van der Waals surface area contributed by atoms with Gasteiger partial charge in [0.2, 0.25) is 0 Å². The van der Waals surface area contributed by atoms with Gasteiger partial charge >= 0.3 is 0 Å². The number of amidine groups is 1. The predicted molar refractivity (Wildman–Crippen MR) is 114 cm³/mol. The normalized spacial score (nSPS) is 17.0. The first-order valence-electron chi connectivity index (χ1n) is 9.38. The number of likely N-dealkylation sites (N-methyl/N-ethyl adjacent to an activating group) is 1.